The minimum absolute atomic E-state index is 0.128. The number of benzene rings is 1. The summed E-state index contributed by atoms with van der Waals surface area (Å²) in [4.78, 5) is 14.4. The molecule has 1 unspecified atom stereocenters. The predicted octanol–water partition coefficient (Wildman–Crippen LogP) is 7.29. The Labute approximate surface area is 248 Å². The third-order valence-corrected chi connectivity index (χ3v) is 13.7. The molecular formula is C31H44N6O2SSi. The largest absolute Gasteiger partial charge is 0.598 e. The lowest BCUT2D eigenvalue weighted by molar-refractivity contribution is 0.272. The number of pyridine rings is 1. The van der Waals surface area contributed by atoms with E-state index < -0.39 is 19.7 Å². The highest BCUT2D eigenvalue weighted by molar-refractivity contribution is 7.90. The average molecular weight is 593 g/mol. The molecule has 0 spiro atoms. The van der Waals surface area contributed by atoms with Gasteiger partial charge in [0.2, 0.25) is 0 Å². The van der Waals surface area contributed by atoms with E-state index in [0.29, 0.717) is 12.4 Å². The minimum atomic E-state index is -1.89. The second kappa shape index (κ2) is 12.3. The van der Waals surface area contributed by atoms with Crippen LogP contribution >= 0.6 is 0 Å². The molecule has 0 saturated carbocycles. The van der Waals surface area contributed by atoms with E-state index in [1.54, 1.807) is 6.20 Å². The summed E-state index contributed by atoms with van der Waals surface area (Å²) in [5.74, 6) is 1.35. The Bertz CT molecular complexity index is 1480. The molecule has 3 heterocycles. The molecule has 10 heteroatoms. The van der Waals surface area contributed by atoms with Crippen molar-refractivity contribution < 1.29 is 8.98 Å². The molecule has 3 aromatic heterocycles. The molecule has 0 amide bonds. The van der Waals surface area contributed by atoms with Crippen molar-refractivity contribution in [1.82, 2.24) is 29.5 Å². The van der Waals surface area contributed by atoms with Crippen molar-refractivity contribution in [1.29, 1.82) is 0 Å². The molecule has 2 atom stereocenters. The Hall–Kier alpha value is -2.63. The van der Waals surface area contributed by atoms with Gasteiger partial charge in [-0.2, -0.15) is 5.10 Å². The first-order valence-corrected chi connectivity index (χ1v) is 18.3. The van der Waals surface area contributed by atoms with Crippen molar-refractivity contribution in [2.75, 3.05) is 0 Å². The van der Waals surface area contributed by atoms with E-state index >= 15 is 0 Å². The zero-order chi connectivity index (χ0) is 30.0. The molecule has 220 valence electrons. The number of hydrogen-bond donors (Lipinski definition) is 1. The van der Waals surface area contributed by atoms with Crippen LogP contribution in [0.3, 0.4) is 0 Å². The van der Waals surface area contributed by atoms with Gasteiger partial charge in [-0.25, -0.2) is 19.6 Å². The fourth-order valence-electron chi connectivity index (χ4n) is 4.04. The van der Waals surface area contributed by atoms with Crippen LogP contribution in [0.1, 0.15) is 78.7 Å². The first-order chi connectivity index (χ1) is 19.2. The summed E-state index contributed by atoms with van der Waals surface area (Å²) in [6.45, 7) is 19.7. The second-order valence-electron chi connectivity index (χ2n) is 13.0. The monoisotopic (exact) mass is 592 g/mol. The van der Waals surface area contributed by atoms with Gasteiger partial charge in [-0.05, 0) is 69.6 Å². The summed E-state index contributed by atoms with van der Waals surface area (Å²) in [6, 6.07) is 13.8. The van der Waals surface area contributed by atoms with Gasteiger partial charge in [0, 0.05) is 28.5 Å². The van der Waals surface area contributed by atoms with E-state index in [-0.39, 0.29) is 15.8 Å². The maximum absolute atomic E-state index is 12.9. The lowest BCUT2D eigenvalue weighted by atomic mass is 10.1. The SMILES string of the molecule is CCC[C@H](N[S+]([O-])C(C)(C)C)c1ccnc(-c2ccc3cnn(-c4cccc(CO[Si](C)(C)C(C)(C)C)n4)c3c2)n1. The number of nitrogens with zero attached hydrogens (tertiary/aromatic N) is 5. The molecule has 0 fully saturated rings. The van der Waals surface area contributed by atoms with E-state index in [1.165, 1.54) is 0 Å². The topological polar surface area (TPSA) is 101 Å². The van der Waals surface area contributed by atoms with Crippen LogP contribution in [0.5, 0.6) is 0 Å². The normalized spacial score (nSPS) is 14.4. The van der Waals surface area contributed by atoms with Crippen molar-refractivity contribution in [2.24, 2.45) is 0 Å². The summed E-state index contributed by atoms with van der Waals surface area (Å²) < 4.78 is 24.1. The predicted molar refractivity (Wildman–Crippen MR) is 171 cm³/mol. The smallest absolute Gasteiger partial charge is 0.192 e. The molecule has 4 rings (SSSR count). The van der Waals surface area contributed by atoms with Crippen molar-refractivity contribution in [3.63, 3.8) is 0 Å². The Morgan fingerprint density at radius 1 is 1.05 bits per heavy atom. The minimum Gasteiger partial charge on any atom is -0.598 e. The zero-order valence-electron chi connectivity index (χ0n) is 25.9. The van der Waals surface area contributed by atoms with Crippen LogP contribution in [0.25, 0.3) is 28.1 Å². The highest BCUT2D eigenvalue weighted by Crippen LogP contribution is 2.37. The number of aromatic nitrogens is 5. The van der Waals surface area contributed by atoms with Crippen LogP contribution in [-0.4, -0.2) is 42.3 Å². The van der Waals surface area contributed by atoms with E-state index in [9.17, 15) is 4.55 Å². The lowest BCUT2D eigenvalue weighted by Gasteiger charge is -2.36. The molecule has 0 bridgehead atoms. The Morgan fingerprint density at radius 2 is 1.80 bits per heavy atom. The summed E-state index contributed by atoms with van der Waals surface area (Å²) >= 11 is -1.21. The van der Waals surface area contributed by atoms with Gasteiger partial charge >= 0.3 is 0 Å². The van der Waals surface area contributed by atoms with E-state index in [1.807, 2.05) is 68.0 Å². The highest BCUT2D eigenvalue weighted by atomic mass is 32.2. The van der Waals surface area contributed by atoms with Gasteiger partial charge < -0.3 is 8.98 Å². The maximum Gasteiger partial charge on any atom is 0.192 e. The Kier molecular flexibility index (Phi) is 9.40. The number of rotatable bonds is 10. The molecule has 0 aliphatic rings. The van der Waals surface area contributed by atoms with E-state index in [0.717, 1.165) is 46.5 Å². The summed E-state index contributed by atoms with van der Waals surface area (Å²) in [5.41, 5.74) is 3.51. The van der Waals surface area contributed by atoms with Gasteiger partial charge in [-0.15, -0.1) is 4.72 Å². The van der Waals surface area contributed by atoms with Gasteiger partial charge in [0.25, 0.3) is 0 Å². The highest BCUT2D eigenvalue weighted by Gasteiger charge is 2.37. The summed E-state index contributed by atoms with van der Waals surface area (Å²) in [5, 5.41) is 5.79. The van der Waals surface area contributed by atoms with Crippen LogP contribution in [0, 0.1) is 0 Å². The first kappa shape index (κ1) is 31.3. The molecule has 4 aromatic rings. The number of nitrogens with one attached hydrogen (secondary N) is 1. The zero-order valence-corrected chi connectivity index (χ0v) is 27.7. The van der Waals surface area contributed by atoms with Crippen LogP contribution in [0.4, 0.5) is 0 Å². The van der Waals surface area contributed by atoms with Gasteiger partial charge in [-0.3, -0.25) is 0 Å². The van der Waals surface area contributed by atoms with E-state index in [4.69, 9.17) is 14.4 Å². The van der Waals surface area contributed by atoms with Crippen molar-refractivity contribution >= 4 is 30.6 Å². The second-order valence-corrected chi connectivity index (χ2v) is 19.8. The van der Waals surface area contributed by atoms with Gasteiger partial charge in [-0.1, -0.05) is 52.3 Å². The van der Waals surface area contributed by atoms with Gasteiger partial charge in [0.15, 0.2) is 20.0 Å². The van der Waals surface area contributed by atoms with Gasteiger partial charge in [0.1, 0.15) is 4.75 Å². The third kappa shape index (κ3) is 7.42. The molecule has 0 aliphatic carbocycles. The van der Waals surface area contributed by atoms with Crippen molar-refractivity contribution in [2.45, 2.75) is 96.8 Å². The van der Waals surface area contributed by atoms with Crippen LogP contribution in [0.2, 0.25) is 18.1 Å². The molecule has 0 radical (unpaired) electrons. The first-order valence-electron chi connectivity index (χ1n) is 14.3. The molecule has 1 aromatic carbocycles. The average Bonchev–Trinajstić information content (AvgIpc) is 3.34. The maximum atomic E-state index is 12.9. The lowest BCUT2D eigenvalue weighted by Crippen LogP contribution is -2.41. The summed E-state index contributed by atoms with van der Waals surface area (Å²) in [6.07, 6.45) is 5.39. The molecular weight excluding hydrogens is 549 g/mol. The Balaban J connectivity index is 1.63. The molecule has 0 aliphatic heterocycles. The van der Waals surface area contributed by atoms with Crippen molar-refractivity contribution in [3.8, 4) is 17.2 Å². The molecule has 8 nitrogen and oxygen atoms in total. The van der Waals surface area contributed by atoms with Gasteiger partial charge in [0.05, 0.1) is 35.8 Å². The third-order valence-electron chi connectivity index (χ3n) is 7.64. The van der Waals surface area contributed by atoms with Crippen molar-refractivity contribution in [3.05, 3.63) is 66.2 Å². The fraction of sp³-hybridized carbons (Fsp3) is 0.484. The summed E-state index contributed by atoms with van der Waals surface area (Å²) in [7, 11) is -1.89. The van der Waals surface area contributed by atoms with Crippen LogP contribution < -0.4 is 4.72 Å². The van der Waals surface area contributed by atoms with Crippen LogP contribution in [-0.2, 0) is 22.4 Å². The number of fused-ring (bicyclic) bond motifs is 1. The standard InChI is InChI=1S/C31H44N6O2SSi/c1-10-12-26(36-40(38)30(2,3)4)25-17-18-32-29(35-25)22-15-16-23-20-33-37(27(23)19-22)28-14-11-13-24(34-28)21-39-41(8,9)31(5,6)7/h11,13-20,26,36H,10,12,21H2,1-9H3/t26-,40?/m0/s1. The fourth-order valence-corrected chi connectivity index (χ4v) is 5.84. The quantitative estimate of drug-likeness (QED) is 0.152. The molecule has 0 saturated heterocycles. The van der Waals surface area contributed by atoms with E-state index in [2.05, 4.69) is 61.7 Å². The Morgan fingerprint density at radius 3 is 2.49 bits per heavy atom. The molecule has 1 N–H and O–H groups in total. The van der Waals surface area contributed by atoms with Crippen LogP contribution in [0.15, 0.2) is 54.9 Å². The molecule has 41 heavy (non-hydrogen) atoms. The number of hydrogen-bond acceptors (Lipinski definition) is 7.